The molecule has 0 bridgehead atoms. The number of aliphatic imine (C=N–C) groups is 1. The molecule has 1 rings (SSSR count). The molecule has 1 aromatic rings. The lowest BCUT2D eigenvalue weighted by Crippen LogP contribution is -2.30. The minimum atomic E-state index is -0.267. The molecular weight excluding hydrogens is 249 g/mol. The van der Waals surface area contributed by atoms with Crippen LogP contribution in [-0.2, 0) is 6.54 Å². The van der Waals surface area contributed by atoms with Crippen molar-refractivity contribution in [1.82, 2.24) is 5.32 Å². The van der Waals surface area contributed by atoms with Crippen LogP contribution in [0.3, 0.4) is 0 Å². The third kappa shape index (κ3) is 2.99. The zero-order chi connectivity index (χ0) is 10.6. The zero-order valence-corrected chi connectivity index (χ0v) is 9.31. The van der Waals surface area contributed by atoms with E-state index in [4.69, 9.17) is 5.73 Å². The fraction of sp³-hybridized carbons (Fsp3) is 0.222. The summed E-state index contributed by atoms with van der Waals surface area (Å²) in [7, 11) is 1.59. The lowest BCUT2D eigenvalue weighted by atomic mass is 10.2. The van der Waals surface area contributed by atoms with Crippen LogP contribution in [0.4, 0.5) is 4.39 Å². The second-order valence-corrected chi connectivity index (χ2v) is 3.55. The van der Waals surface area contributed by atoms with Crippen LogP contribution in [0.5, 0.6) is 0 Å². The van der Waals surface area contributed by atoms with E-state index in [2.05, 4.69) is 26.2 Å². The Labute approximate surface area is 90.3 Å². The van der Waals surface area contributed by atoms with Crippen molar-refractivity contribution in [1.29, 1.82) is 0 Å². The van der Waals surface area contributed by atoms with E-state index in [1.807, 2.05) is 0 Å². The van der Waals surface area contributed by atoms with E-state index < -0.39 is 0 Å². The minimum Gasteiger partial charge on any atom is -0.370 e. The quantitative estimate of drug-likeness (QED) is 0.627. The molecule has 0 unspecified atom stereocenters. The van der Waals surface area contributed by atoms with Crippen LogP contribution in [0, 0.1) is 5.82 Å². The average molecular weight is 260 g/mol. The highest BCUT2D eigenvalue weighted by molar-refractivity contribution is 9.10. The van der Waals surface area contributed by atoms with E-state index in [1.165, 1.54) is 12.1 Å². The van der Waals surface area contributed by atoms with Crippen molar-refractivity contribution in [2.75, 3.05) is 7.05 Å². The molecule has 76 valence electrons. The number of nitrogens with zero attached hydrogens (tertiary/aromatic N) is 1. The van der Waals surface area contributed by atoms with Crippen molar-refractivity contribution in [3.05, 3.63) is 34.1 Å². The standard InChI is InChI=1S/C9H11BrFN3/c1-13-9(12)14-5-6-4-7(11)2-3-8(6)10/h2-4H,5H2,1H3,(H3,12,13,14). The Balaban J connectivity index is 2.71. The molecule has 0 fully saturated rings. The summed E-state index contributed by atoms with van der Waals surface area (Å²) in [6.45, 7) is 0.446. The van der Waals surface area contributed by atoms with E-state index in [0.717, 1.165) is 10.0 Å². The monoisotopic (exact) mass is 259 g/mol. The summed E-state index contributed by atoms with van der Waals surface area (Å²) in [5.41, 5.74) is 6.24. The molecule has 5 heteroatoms. The largest absolute Gasteiger partial charge is 0.370 e. The predicted octanol–water partition coefficient (Wildman–Crippen LogP) is 1.62. The number of hydrogen-bond acceptors (Lipinski definition) is 1. The number of guanidine groups is 1. The molecule has 0 aliphatic rings. The van der Waals surface area contributed by atoms with Gasteiger partial charge in [-0.3, -0.25) is 4.99 Å². The summed E-state index contributed by atoms with van der Waals surface area (Å²) < 4.78 is 13.7. The first-order valence-electron chi connectivity index (χ1n) is 4.03. The molecule has 0 atom stereocenters. The van der Waals surface area contributed by atoms with Crippen LogP contribution in [0.15, 0.2) is 27.7 Å². The molecule has 3 nitrogen and oxygen atoms in total. The van der Waals surface area contributed by atoms with Gasteiger partial charge in [-0.1, -0.05) is 15.9 Å². The molecule has 14 heavy (non-hydrogen) atoms. The van der Waals surface area contributed by atoms with Gasteiger partial charge in [-0.15, -0.1) is 0 Å². The van der Waals surface area contributed by atoms with E-state index in [-0.39, 0.29) is 5.82 Å². The smallest absolute Gasteiger partial charge is 0.188 e. The summed E-state index contributed by atoms with van der Waals surface area (Å²) >= 11 is 3.32. The van der Waals surface area contributed by atoms with Gasteiger partial charge in [0.05, 0.1) is 0 Å². The number of halogens is 2. The topological polar surface area (TPSA) is 50.4 Å². The Morgan fingerprint density at radius 3 is 3.00 bits per heavy atom. The number of benzene rings is 1. The predicted molar refractivity (Wildman–Crippen MR) is 58.5 cm³/mol. The third-order valence-electron chi connectivity index (χ3n) is 1.71. The van der Waals surface area contributed by atoms with Crippen LogP contribution >= 0.6 is 15.9 Å². The van der Waals surface area contributed by atoms with Gasteiger partial charge in [-0.2, -0.15) is 0 Å². The maximum Gasteiger partial charge on any atom is 0.188 e. The van der Waals surface area contributed by atoms with Gasteiger partial charge in [-0.05, 0) is 23.8 Å². The highest BCUT2D eigenvalue weighted by atomic mass is 79.9. The minimum absolute atomic E-state index is 0.267. The van der Waals surface area contributed by atoms with Gasteiger partial charge in [0, 0.05) is 18.1 Å². The van der Waals surface area contributed by atoms with Crippen LogP contribution in [0.25, 0.3) is 0 Å². The van der Waals surface area contributed by atoms with E-state index in [9.17, 15) is 4.39 Å². The number of nitrogens with one attached hydrogen (secondary N) is 1. The van der Waals surface area contributed by atoms with Gasteiger partial charge in [0.25, 0.3) is 0 Å². The molecule has 0 aliphatic heterocycles. The van der Waals surface area contributed by atoms with Crippen molar-refractivity contribution < 1.29 is 4.39 Å². The van der Waals surface area contributed by atoms with E-state index in [1.54, 1.807) is 13.1 Å². The molecule has 0 saturated carbocycles. The molecule has 3 N–H and O–H groups in total. The Bertz CT molecular complexity index is 352. The summed E-state index contributed by atoms with van der Waals surface area (Å²) in [5.74, 6) is 0.0677. The molecule has 0 saturated heterocycles. The third-order valence-corrected chi connectivity index (χ3v) is 2.48. The van der Waals surface area contributed by atoms with Crippen molar-refractivity contribution in [3.63, 3.8) is 0 Å². The molecule has 0 heterocycles. The average Bonchev–Trinajstić information content (AvgIpc) is 2.19. The molecule has 0 spiro atoms. The lowest BCUT2D eigenvalue weighted by Gasteiger charge is -2.06. The molecular formula is C9H11BrFN3. The molecule has 0 aromatic heterocycles. The first-order valence-corrected chi connectivity index (χ1v) is 4.83. The highest BCUT2D eigenvalue weighted by Crippen LogP contribution is 2.17. The van der Waals surface area contributed by atoms with Gasteiger partial charge in [0.1, 0.15) is 5.82 Å². The van der Waals surface area contributed by atoms with Gasteiger partial charge < -0.3 is 11.1 Å². The van der Waals surface area contributed by atoms with E-state index >= 15 is 0 Å². The number of hydrogen-bond donors (Lipinski definition) is 2. The van der Waals surface area contributed by atoms with Crippen molar-refractivity contribution >= 4 is 21.9 Å². The maximum absolute atomic E-state index is 12.8. The second kappa shape index (κ2) is 4.95. The van der Waals surface area contributed by atoms with Crippen LogP contribution < -0.4 is 11.1 Å². The fourth-order valence-electron chi connectivity index (χ4n) is 0.944. The molecule has 0 aliphatic carbocycles. The Kier molecular flexibility index (Phi) is 3.88. The lowest BCUT2D eigenvalue weighted by molar-refractivity contribution is 0.624. The first-order chi connectivity index (χ1) is 6.63. The normalized spacial score (nSPS) is 11.5. The second-order valence-electron chi connectivity index (χ2n) is 2.70. The maximum atomic E-state index is 12.8. The van der Waals surface area contributed by atoms with Crippen molar-refractivity contribution in [2.45, 2.75) is 6.54 Å². The van der Waals surface area contributed by atoms with Crippen LogP contribution in [0.2, 0.25) is 0 Å². The summed E-state index contributed by atoms with van der Waals surface area (Å²) in [4.78, 5) is 3.73. The SMILES string of the molecule is CN=C(N)NCc1cc(F)ccc1Br. The number of nitrogens with two attached hydrogens (primary N) is 1. The zero-order valence-electron chi connectivity index (χ0n) is 7.72. The van der Waals surface area contributed by atoms with Gasteiger partial charge >= 0.3 is 0 Å². The Morgan fingerprint density at radius 2 is 2.36 bits per heavy atom. The van der Waals surface area contributed by atoms with Gasteiger partial charge in [0.15, 0.2) is 5.96 Å². The highest BCUT2D eigenvalue weighted by Gasteiger charge is 2.01. The number of rotatable bonds is 2. The molecule has 0 amide bonds. The van der Waals surface area contributed by atoms with Crippen molar-refractivity contribution in [3.8, 4) is 0 Å². The fourth-order valence-corrected chi connectivity index (χ4v) is 1.33. The Hall–Kier alpha value is -1.10. The van der Waals surface area contributed by atoms with Crippen LogP contribution in [-0.4, -0.2) is 13.0 Å². The molecule has 1 aromatic carbocycles. The van der Waals surface area contributed by atoms with E-state index in [0.29, 0.717) is 12.5 Å². The summed E-state index contributed by atoms with van der Waals surface area (Å²) in [6, 6.07) is 4.50. The van der Waals surface area contributed by atoms with Gasteiger partial charge in [0.2, 0.25) is 0 Å². The molecule has 0 radical (unpaired) electrons. The van der Waals surface area contributed by atoms with Gasteiger partial charge in [-0.25, -0.2) is 4.39 Å². The first kappa shape index (κ1) is 11.0. The Morgan fingerprint density at radius 1 is 1.64 bits per heavy atom. The summed E-state index contributed by atoms with van der Waals surface area (Å²) in [6.07, 6.45) is 0. The summed E-state index contributed by atoms with van der Waals surface area (Å²) in [5, 5.41) is 2.85. The van der Waals surface area contributed by atoms with Crippen molar-refractivity contribution in [2.24, 2.45) is 10.7 Å². The van der Waals surface area contributed by atoms with Crippen LogP contribution in [0.1, 0.15) is 5.56 Å².